The molecule has 0 heterocycles. The molecule has 6 heteroatoms. The molecule has 0 amide bonds. The van der Waals surface area contributed by atoms with Gasteiger partial charge in [0, 0.05) is 6.07 Å². The van der Waals surface area contributed by atoms with Gasteiger partial charge < -0.3 is 0 Å². The number of rotatable bonds is 1. The highest BCUT2D eigenvalue weighted by atomic mass is 19.2. The van der Waals surface area contributed by atoms with Crippen molar-refractivity contribution in [1.29, 1.82) is 5.26 Å². The summed E-state index contributed by atoms with van der Waals surface area (Å²) in [6.07, 6.45) is 0. The van der Waals surface area contributed by atoms with Crippen LogP contribution in [0.4, 0.5) is 14.5 Å². The molecule has 0 atom stereocenters. The van der Waals surface area contributed by atoms with Crippen LogP contribution in [-0.2, 0) is 0 Å². The molecule has 0 unspecified atom stereocenters. The molecule has 80 valence electrons. The summed E-state index contributed by atoms with van der Waals surface area (Å²) in [7, 11) is 0. The smallest absolute Gasteiger partial charge is 0.258 e. The van der Waals surface area contributed by atoms with Crippen LogP contribution >= 0.6 is 0 Å². The Bertz CT molecular complexity index is 413. The van der Waals surface area contributed by atoms with Crippen molar-refractivity contribution in [3.8, 4) is 6.07 Å². The standard InChI is InChI=1S/C7H2F2N2O2.C2H6/c8-6-2-5(11(12)13)1-4(3-10)7(6)9;1-2/h1-2H;1-2H3. The van der Waals surface area contributed by atoms with E-state index in [0.717, 1.165) is 0 Å². The van der Waals surface area contributed by atoms with Gasteiger partial charge in [-0.1, -0.05) is 13.8 Å². The van der Waals surface area contributed by atoms with E-state index in [1.807, 2.05) is 13.8 Å². The zero-order chi connectivity index (χ0) is 12.0. The molecule has 0 aliphatic rings. The highest BCUT2D eigenvalue weighted by Gasteiger charge is 2.16. The summed E-state index contributed by atoms with van der Waals surface area (Å²) in [6, 6.07) is 2.42. The Morgan fingerprint density at radius 1 is 1.40 bits per heavy atom. The van der Waals surface area contributed by atoms with Crippen molar-refractivity contribution in [2.24, 2.45) is 0 Å². The van der Waals surface area contributed by atoms with Gasteiger partial charge in [0.15, 0.2) is 11.6 Å². The molecule has 0 radical (unpaired) electrons. The minimum absolute atomic E-state index is 0.427. The number of nitrogens with zero attached hydrogens (tertiary/aromatic N) is 2. The summed E-state index contributed by atoms with van der Waals surface area (Å²) in [5.41, 5.74) is -1.32. The highest BCUT2D eigenvalue weighted by Crippen LogP contribution is 2.19. The average Bonchev–Trinajstić information content (AvgIpc) is 2.24. The third kappa shape index (κ3) is 2.98. The Morgan fingerprint density at radius 3 is 2.33 bits per heavy atom. The van der Waals surface area contributed by atoms with E-state index in [2.05, 4.69) is 0 Å². The molecule has 0 N–H and O–H groups in total. The zero-order valence-corrected chi connectivity index (χ0v) is 8.12. The molecule has 0 fully saturated rings. The molecule has 1 aromatic carbocycles. The molecular formula is C9H8F2N2O2. The molecule has 4 nitrogen and oxygen atoms in total. The summed E-state index contributed by atoms with van der Waals surface area (Å²) in [6.45, 7) is 4.00. The SMILES string of the molecule is CC.N#Cc1cc([N+](=O)[O-])cc(F)c1F. The van der Waals surface area contributed by atoms with Gasteiger partial charge in [0.2, 0.25) is 0 Å². The highest BCUT2D eigenvalue weighted by molar-refractivity contribution is 5.42. The van der Waals surface area contributed by atoms with Gasteiger partial charge in [-0.2, -0.15) is 5.26 Å². The summed E-state index contributed by atoms with van der Waals surface area (Å²) in [5, 5.41) is 18.4. The quantitative estimate of drug-likeness (QED) is 0.533. The van der Waals surface area contributed by atoms with E-state index in [1.165, 1.54) is 6.07 Å². The van der Waals surface area contributed by atoms with E-state index in [9.17, 15) is 18.9 Å². The van der Waals surface area contributed by atoms with Crippen molar-refractivity contribution >= 4 is 5.69 Å². The molecule has 1 aromatic rings. The summed E-state index contributed by atoms with van der Waals surface area (Å²) >= 11 is 0. The maximum absolute atomic E-state index is 12.6. The van der Waals surface area contributed by atoms with Gasteiger partial charge in [-0.3, -0.25) is 10.1 Å². The van der Waals surface area contributed by atoms with Crippen LogP contribution in [0.1, 0.15) is 19.4 Å². The van der Waals surface area contributed by atoms with Gasteiger partial charge in [-0.05, 0) is 0 Å². The Hall–Kier alpha value is -2.03. The normalized spacial score (nSPS) is 8.47. The molecule has 0 aromatic heterocycles. The molecular weight excluding hydrogens is 206 g/mol. The fourth-order valence-corrected chi connectivity index (χ4v) is 0.762. The van der Waals surface area contributed by atoms with E-state index >= 15 is 0 Å². The summed E-state index contributed by atoms with van der Waals surface area (Å²) in [4.78, 5) is 9.24. The first-order valence-electron chi connectivity index (χ1n) is 4.10. The lowest BCUT2D eigenvalue weighted by Gasteiger charge is -1.95. The number of nitriles is 1. The number of nitro groups is 1. The Morgan fingerprint density at radius 2 is 1.93 bits per heavy atom. The van der Waals surface area contributed by atoms with Gasteiger partial charge in [0.05, 0.1) is 16.6 Å². The van der Waals surface area contributed by atoms with Gasteiger partial charge in [0.25, 0.3) is 5.69 Å². The second-order valence-corrected chi connectivity index (χ2v) is 2.16. The number of nitro benzene ring substituents is 1. The lowest BCUT2D eigenvalue weighted by Crippen LogP contribution is -1.95. The van der Waals surface area contributed by atoms with Gasteiger partial charge >= 0.3 is 0 Å². The first-order valence-corrected chi connectivity index (χ1v) is 4.10. The Kier molecular flexibility index (Phi) is 4.88. The maximum Gasteiger partial charge on any atom is 0.273 e. The van der Waals surface area contributed by atoms with E-state index < -0.39 is 27.8 Å². The molecule has 15 heavy (non-hydrogen) atoms. The minimum Gasteiger partial charge on any atom is -0.258 e. The number of benzene rings is 1. The van der Waals surface area contributed by atoms with Crippen molar-refractivity contribution in [3.05, 3.63) is 39.4 Å². The number of halogens is 2. The largest absolute Gasteiger partial charge is 0.273 e. The van der Waals surface area contributed by atoms with E-state index in [-0.39, 0.29) is 0 Å². The number of hydrogen-bond donors (Lipinski definition) is 0. The third-order valence-electron chi connectivity index (χ3n) is 1.34. The summed E-state index contributed by atoms with van der Waals surface area (Å²) < 4.78 is 25.2. The minimum atomic E-state index is -1.40. The molecule has 0 saturated heterocycles. The second kappa shape index (κ2) is 5.65. The van der Waals surface area contributed by atoms with Gasteiger partial charge in [0.1, 0.15) is 6.07 Å². The first kappa shape index (κ1) is 13.0. The van der Waals surface area contributed by atoms with Crippen LogP contribution in [0.25, 0.3) is 0 Å². The third-order valence-corrected chi connectivity index (χ3v) is 1.34. The molecule has 0 bridgehead atoms. The molecule has 1 rings (SSSR count). The lowest BCUT2D eigenvalue weighted by molar-refractivity contribution is -0.385. The lowest BCUT2D eigenvalue weighted by atomic mass is 10.2. The van der Waals surface area contributed by atoms with Gasteiger partial charge in [-0.15, -0.1) is 0 Å². The topological polar surface area (TPSA) is 66.9 Å². The predicted molar refractivity (Wildman–Crippen MR) is 49.1 cm³/mol. The fraction of sp³-hybridized carbons (Fsp3) is 0.222. The van der Waals surface area contributed by atoms with Gasteiger partial charge in [-0.25, -0.2) is 8.78 Å². The number of non-ortho nitro benzene ring substituents is 1. The van der Waals surface area contributed by atoms with Crippen LogP contribution in [0, 0.1) is 33.1 Å². The Labute approximate surface area is 84.9 Å². The van der Waals surface area contributed by atoms with Crippen LogP contribution in [0.3, 0.4) is 0 Å². The molecule has 0 spiro atoms. The van der Waals surface area contributed by atoms with E-state index in [1.54, 1.807) is 0 Å². The molecule has 0 saturated carbocycles. The first-order chi connectivity index (χ1) is 7.06. The maximum atomic E-state index is 12.6. The van der Waals surface area contributed by atoms with Crippen molar-refractivity contribution in [2.45, 2.75) is 13.8 Å². The zero-order valence-electron chi connectivity index (χ0n) is 8.12. The van der Waals surface area contributed by atoms with Crippen LogP contribution in [0.2, 0.25) is 0 Å². The van der Waals surface area contributed by atoms with Crippen molar-refractivity contribution in [2.75, 3.05) is 0 Å². The predicted octanol–water partition coefficient (Wildman–Crippen LogP) is 2.77. The van der Waals surface area contributed by atoms with E-state index in [0.29, 0.717) is 12.1 Å². The second-order valence-electron chi connectivity index (χ2n) is 2.16. The van der Waals surface area contributed by atoms with Crippen LogP contribution in [0.15, 0.2) is 12.1 Å². The van der Waals surface area contributed by atoms with E-state index in [4.69, 9.17) is 5.26 Å². The fourth-order valence-electron chi connectivity index (χ4n) is 0.762. The van der Waals surface area contributed by atoms with Crippen LogP contribution < -0.4 is 0 Å². The summed E-state index contributed by atoms with van der Waals surface area (Å²) in [5.74, 6) is -2.76. The molecule has 0 aliphatic carbocycles. The monoisotopic (exact) mass is 214 g/mol. The van der Waals surface area contributed by atoms with Crippen molar-refractivity contribution in [3.63, 3.8) is 0 Å². The number of hydrogen-bond acceptors (Lipinski definition) is 3. The van der Waals surface area contributed by atoms with Crippen molar-refractivity contribution < 1.29 is 13.7 Å². The molecule has 0 aliphatic heterocycles. The Balaban J connectivity index is 0.000000921. The van der Waals surface area contributed by atoms with Crippen LogP contribution in [-0.4, -0.2) is 4.92 Å². The average molecular weight is 214 g/mol. The van der Waals surface area contributed by atoms with Crippen LogP contribution in [0.5, 0.6) is 0 Å². The van der Waals surface area contributed by atoms with Crippen molar-refractivity contribution in [1.82, 2.24) is 0 Å².